The molecule has 0 aromatic heterocycles. The normalized spacial score (nSPS) is 16.6. The molecule has 2 atom stereocenters. The second kappa shape index (κ2) is 7.55. The van der Waals surface area contributed by atoms with E-state index in [0.717, 1.165) is 12.8 Å². The molecule has 0 amide bonds. The molecule has 0 aliphatic heterocycles. The van der Waals surface area contributed by atoms with Gasteiger partial charge in [0.15, 0.2) is 0 Å². The van der Waals surface area contributed by atoms with E-state index >= 15 is 0 Å². The molecule has 0 fully saturated rings. The Morgan fingerprint density at radius 3 is 1.24 bits per heavy atom. The van der Waals surface area contributed by atoms with Gasteiger partial charge in [0.05, 0.1) is 0 Å². The minimum atomic E-state index is -1.96. The van der Waals surface area contributed by atoms with Crippen LogP contribution in [-0.2, 0) is 8.85 Å². The Labute approximate surface area is 109 Å². The summed E-state index contributed by atoms with van der Waals surface area (Å²) < 4.78 is 12.2. The lowest BCUT2D eigenvalue weighted by Crippen LogP contribution is -2.41. The summed E-state index contributed by atoms with van der Waals surface area (Å²) in [7, 11) is -1.96. The molecule has 0 aliphatic rings. The molecule has 2 unspecified atom stereocenters. The van der Waals surface area contributed by atoms with Gasteiger partial charge >= 0.3 is 8.56 Å². The molecule has 104 valence electrons. The summed E-state index contributed by atoms with van der Waals surface area (Å²) in [6, 6.07) is 0. The van der Waals surface area contributed by atoms with E-state index in [1.807, 2.05) is 0 Å². The highest BCUT2D eigenvalue weighted by molar-refractivity contribution is 6.64. The first-order chi connectivity index (χ1) is 7.62. The SMILES string of the molecule is CC(C)CC(C)O[Si](C)(C)OC(C)CC(C)C. The van der Waals surface area contributed by atoms with Crippen molar-refractivity contribution >= 4 is 8.56 Å². The van der Waals surface area contributed by atoms with E-state index in [2.05, 4.69) is 54.6 Å². The van der Waals surface area contributed by atoms with E-state index in [-0.39, 0.29) is 0 Å². The van der Waals surface area contributed by atoms with Crippen molar-refractivity contribution in [2.24, 2.45) is 11.8 Å². The fraction of sp³-hybridized carbons (Fsp3) is 1.00. The van der Waals surface area contributed by atoms with Crippen LogP contribution in [0.4, 0.5) is 0 Å². The topological polar surface area (TPSA) is 18.5 Å². The van der Waals surface area contributed by atoms with E-state index in [0.29, 0.717) is 24.0 Å². The molecule has 0 N–H and O–H groups in total. The van der Waals surface area contributed by atoms with Crippen LogP contribution in [0.15, 0.2) is 0 Å². The molecule has 0 rings (SSSR count). The molecule has 17 heavy (non-hydrogen) atoms. The van der Waals surface area contributed by atoms with E-state index in [1.54, 1.807) is 0 Å². The lowest BCUT2D eigenvalue weighted by molar-refractivity contribution is 0.0816. The average Bonchev–Trinajstić information content (AvgIpc) is 1.95. The number of rotatable bonds is 8. The van der Waals surface area contributed by atoms with Crippen LogP contribution >= 0.6 is 0 Å². The Balaban J connectivity index is 4.09. The third-order valence-corrected chi connectivity index (χ3v) is 4.52. The van der Waals surface area contributed by atoms with Gasteiger partial charge in [-0.3, -0.25) is 0 Å². The standard InChI is InChI=1S/C14H32O2Si/c1-11(2)9-13(5)15-17(7,8)16-14(6)10-12(3)4/h11-14H,9-10H2,1-8H3. The highest BCUT2D eigenvalue weighted by Crippen LogP contribution is 2.19. The molecule has 0 bridgehead atoms. The van der Waals surface area contributed by atoms with Gasteiger partial charge in [0.25, 0.3) is 0 Å². The van der Waals surface area contributed by atoms with Crippen molar-refractivity contribution in [2.75, 3.05) is 0 Å². The zero-order valence-corrected chi connectivity index (χ0v) is 14.0. The van der Waals surface area contributed by atoms with Gasteiger partial charge in [-0.1, -0.05) is 27.7 Å². The molecule has 3 heteroatoms. The fourth-order valence-electron chi connectivity index (χ4n) is 2.42. The first-order valence-electron chi connectivity index (χ1n) is 6.98. The van der Waals surface area contributed by atoms with Gasteiger partial charge in [-0.15, -0.1) is 0 Å². The van der Waals surface area contributed by atoms with Crippen molar-refractivity contribution in [3.05, 3.63) is 0 Å². The van der Waals surface area contributed by atoms with E-state index in [4.69, 9.17) is 8.85 Å². The van der Waals surface area contributed by atoms with Crippen molar-refractivity contribution in [3.8, 4) is 0 Å². The molecule has 0 spiro atoms. The maximum Gasteiger partial charge on any atom is 0.332 e. The fourth-order valence-corrected chi connectivity index (χ4v) is 4.61. The maximum absolute atomic E-state index is 6.12. The van der Waals surface area contributed by atoms with Crippen molar-refractivity contribution in [1.82, 2.24) is 0 Å². The van der Waals surface area contributed by atoms with Crippen molar-refractivity contribution in [1.29, 1.82) is 0 Å². The maximum atomic E-state index is 6.12. The average molecular weight is 260 g/mol. The Kier molecular flexibility index (Phi) is 7.61. The third-order valence-electron chi connectivity index (χ3n) is 2.58. The van der Waals surface area contributed by atoms with Crippen molar-refractivity contribution in [2.45, 2.75) is 79.7 Å². The van der Waals surface area contributed by atoms with E-state index < -0.39 is 8.56 Å². The minimum Gasteiger partial charge on any atom is -0.392 e. The molecular weight excluding hydrogens is 228 g/mol. The molecule has 0 heterocycles. The number of hydrogen-bond donors (Lipinski definition) is 0. The van der Waals surface area contributed by atoms with Gasteiger partial charge in [0.2, 0.25) is 0 Å². The molecular formula is C14H32O2Si. The van der Waals surface area contributed by atoms with E-state index in [9.17, 15) is 0 Å². The summed E-state index contributed by atoms with van der Waals surface area (Å²) in [5.41, 5.74) is 0. The van der Waals surface area contributed by atoms with Crippen LogP contribution in [0.25, 0.3) is 0 Å². The van der Waals surface area contributed by atoms with Crippen molar-refractivity contribution < 1.29 is 8.85 Å². The largest absolute Gasteiger partial charge is 0.392 e. The highest BCUT2D eigenvalue weighted by Gasteiger charge is 2.29. The predicted molar refractivity (Wildman–Crippen MR) is 77.5 cm³/mol. The molecule has 0 aliphatic carbocycles. The molecule has 2 nitrogen and oxygen atoms in total. The highest BCUT2D eigenvalue weighted by atomic mass is 28.4. The summed E-state index contributed by atoms with van der Waals surface area (Å²) in [5, 5.41) is 0. The van der Waals surface area contributed by atoms with Crippen LogP contribution in [0.3, 0.4) is 0 Å². The first kappa shape index (κ1) is 17.1. The van der Waals surface area contributed by atoms with Gasteiger partial charge in [-0.25, -0.2) is 0 Å². The van der Waals surface area contributed by atoms with Crippen LogP contribution < -0.4 is 0 Å². The second-order valence-electron chi connectivity index (χ2n) is 6.52. The lowest BCUT2D eigenvalue weighted by atomic mass is 10.1. The van der Waals surface area contributed by atoms with Crippen LogP contribution in [0.5, 0.6) is 0 Å². The van der Waals surface area contributed by atoms with Crippen LogP contribution in [-0.4, -0.2) is 20.8 Å². The Morgan fingerprint density at radius 1 is 0.706 bits per heavy atom. The summed E-state index contributed by atoms with van der Waals surface area (Å²) >= 11 is 0. The quantitative estimate of drug-likeness (QED) is 0.594. The lowest BCUT2D eigenvalue weighted by Gasteiger charge is -2.31. The van der Waals surface area contributed by atoms with Crippen LogP contribution in [0.2, 0.25) is 13.1 Å². The van der Waals surface area contributed by atoms with Crippen LogP contribution in [0, 0.1) is 11.8 Å². The molecule has 0 aromatic carbocycles. The summed E-state index contributed by atoms with van der Waals surface area (Å²) in [4.78, 5) is 0. The van der Waals surface area contributed by atoms with Gasteiger partial charge in [0.1, 0.15) is 0 Å². The summed E-state index contributed by atoms with van der Waals surface area (Å²) in [6.45, 7) is 17.6. The summed E-state index contributed by atoms with van der Waals surface area (Å²) in [6.07, 6.45) is 2.84. The van der Waals surface area contributed by atoms with Gasteiger partial charge in [-0.05, 0) is 51.6 Å². The molecule has 0 saturated carbocycles. The zero-order valence-electron chi connectivity index (χ0n) is 13.0. The molecule has 0 saturated heterocycles. The number of hydrogen-bond acceptors (Lipinski definition) is 2. The molecule has 0 aromatic rings. The van der Waals surface area contributed by atoms with Gasteiger partial charge < -0.3 is 8.85 Å². The smallest absolute Gasteiger partial charge is 0.332 e. The van der Waals surface area contributed by atoms with E-state index in [1.165, 1.54) is 0 Å². The van der Waals surface area contributed by atoms with Gasteiger partial charge in [0, 0.05) is 12.2 Å². The van der Waals surface area contributed by atoms with Gasteiger partial charge in [-0.2, -0.15) is 0 Å². The predicted octanol–water partition coefficient (Wildman–Crippen LogP) is 4.59. The Bertz CT molecular complexity index is 182. The Morgan fingerprint density at radius 2 is 1.00 bits per heavy atom. The molecule has 0 radical (unpaired) electrons. The summed E-state index contributed by atoms with van der Waals surface area (Å²) in [5.74, 6) is 1.37. The first-order valence-corrected chi connectivity index (χ1v) is 9.79. The Hall–Kier alpha value is 0.137. The zero-order chi connectivity index (χ0) is 13.6. The minimum absolute atomic E-state index is 0.308. The van der Waals surface area contributed by atoms with Crippen molar-refractivity contribution in [3.63, 3.8) is 0 Å². The van der Waals surface area contributed by atoms with Crippen LogP contribution in [0.1, 0.15) is 54.4 Å². The third kappa shape index (κ3) is 9.80. The second-order valence-corrected chi connectivity index (χ2v) is 9.79. The monoisotopic (exact) mass is 260 g/mol.